The highest BCUT2D eigenvalue weighted by atomic mass is 127. The van der Waals surface area contributed by atoms with Gasteiger partial charge in [-0.1, -0.05) is 38.8 Å². The van der Waals surface area contributed by atoms with Gasteiger partial charge >= 0.3 is 0 Å². The third-order valence-electron chi connectivity index (χ3n) is 4.29. The Morgan fingerprint density at radius 2 is 1.90 bits per heavy atom. The molecule has 2 nitrogen and oxygen atoms in total. The summed E-state index contributed by atoms with van der Waals surface area (Å²) in [5.74, 6) is 0. The molecule has 0 radical (unpaired) electrons. The molecule has 1 atom stereocenters. The van der Waals surface area contributed by atoms with Crippen LogP contribution in [0.4, 0.5) is 0 Å². The van der Waals surface area contributed by atoms with Crippen LogP contribution in [0.25, 0.3) is 0 Å². The van der Waals surface area contributed by atoms with Crippen molar-refractivity contribution >= 4 is 22.6 Å². The fourth-order valence-corrected chi connectivity index (χ4v) is 3.14. The average Bonchev–Trinajstić information content (AvgIpc) is 2.51. The number of unbranched alkanes of at least 4 members (excludes halogenated alkanes) is 1. The van der Waals surface area contributed by atoms with Crippen LogP contribution in [0.15, 0.2) is 24.3 Å². The Morgan fingerprint density at radius 1 is 1.19 bits per heavy atom. The third-order valence-corrected chi connectivity index (χ3v) is 5.01. The molecule has 21 heavy (non-hydrogen) atoms. The van der Waals surface area contributed by atoms with Crippen molar-refractivity contribution in [3.63, 3.8) is 0 Å². The highest BCUT2D eigenvalue weighted by molar-refractivity contribution is 14.1. The quantitative estimate of drug-likeness (QED) is 0.429. The predicted molar refractivity (Wildman–Crippen MR) is 99.9 cm³/mol. The van der Waals surface area contributed by atoms with Crippen molar-refractivity contribution in [2.24, 2.45) is 5.41 Å². The van der Waals surface area contributed by atoms with Crippen molar-refractivity contribution < 1.29 is 4.74 Å². The molecule has 0 saturated heterocycles. The second-order valence-electron chi connectivity index (χ2n) is 5.93. The Bertz CT molecular complexity index is 379. The van der Waals surface area contributed by atoms with Gasteiger partial charge in [0.05, 0.1) is 6.61 Å². The first-order valence-corrected chi connectivity index (χ1v) is 9.18. The van der Waals surface area contributed by atoms with E-state index in [9.17, 15) is 0 Å². The van der Waals surface area contributed by atoms with Crippen LogP contribution < -0.4 is 5.32 Å². The Morgan fingerprint density at radius 3 is 2.48 bits per heavy atom. The standard InChI is InChI=1S/C18H30INO/c1-4-6-11-18(5-2,15-20-12-13-21-3)14-16-7-9-17(19)10-8-16/h7-10,20H,4-6,11-15H2,1-3H3. The van der Waals surface area contributed by atoms with Crippen molar-refractivity contribution in [3.8, 4) is 0 Å². The molecule has 1 aromatic carbocycles. The molecule has 0 amide bonds. The molecule has 0 fully saturated rings. The van der Waals surface area contributed by atoms with E-state index in [1.165, 1.54) is 41.2 Å². The van der Waals surface area contributed by atoms with Gasteiger partial charge in [-0.2, -0.15) is 0 Å². The number of ether oxygens (including phenoxy) is 1. The van der Waals surface area contributed by atoms with Gasteiger partial charge in [0.2, 0.25) is 0 Å². The fourth-order valence-electron chi connectivity index (χ4n) is 2.78. The second kappa shape index (κ2) is 10.6. The van der Waals surface area contributed by atoms with Crippen LogP contribution in [0.1, 0.15) is 45.1 Å². The summed E-state index contributed by atoms with van der Waals surface area (Å²) in [6, 6.07) is 9.00. The van der Waals surface area contributed by atoms with E-state index >= 15 is 0 Å². The van der Waals surface area contributed by atoms with Gasteiger partial charge < -0.3 is 10.1 Å². The van der Waals surface area contributed by atoms with E-state index in [0.717, 1.165) is 19.7 Å². The highest BCUT2D eigenvalue weighted by Crippen LogP contribution is 2.32. The predicted octanol–water partition coefficient (Wildman–Crippen LogP) is 4.66. The first kappa shape index (κ1) is 18.9. The summed E-state index contributed by atoms with van der Waals surface area (Å²) in [7, 11) is 1.76. The summed E-state index contributed by atoms with van der Waals surface area (Å²) in [6.45, 7) is 7.43. The average molecular weight is 403 g/mol. The van der Waals surface area contributed by atoms with Crippen LogP contribution in [0.2, 0.25) is 0 Å². The Hall–Kier alpha value is -0.130. The van der Waals surface area contributed by atoms with E-state index in [2.05, 4.69) is 66.0 Å². The van der Waals surface area contributed by atoms with Gasteiger partial charge in [0, 0.05) is 23.8 Å². The summed E-state index contributed by atoms with van der Waals surface area (Å²) >= 11 is 2.37. The lowest BCUT2D eigenvalue weighted by atomic mass is 9.75. The first-order chi connectivity index (χ1) is 10.2. The molecule has 0 spiro atoms. The summed E-state index contributed by atoms with van der Waals surface area (Å²) in [5.41, 5.74) is 1.83. The maximum absolute atomic E-state index is 5.14. The van der Waals surface area contributed by atoms with Gasteiger partial charge in [-0.15, -0.1) is 0 Å². The molecule has 0 aliphatic heterocycles. The topological polar surface area (TPSA) is 21.3 Å². The van der Waals surface area contributed by atoms with E-state index in [4.69, 9.17) is 4.74 Å². The molecule has 1 N–H and O–H groups in total. The van der Waals surface area contributed by atoms with Gasteiger partial charge in [0.15, 0.2) is 0 Å². The van der Waals surface area contributed by atoms with Crippen LogP contribution in [0.3, 0.4) is 0 Å². The Labute approximate surface area is 144 Å². The van der Waals surface area contributed by atoms with Gasteiger partial charge in [-0.3, -0.25) is 0 Å². The van der Waals surface area contributed by atoms with E-state index in [0.29, 0.717) is 5.41 Å². The van der Waals surface area contributed by atoms with Gasteiger partial charge in [-0.25, -0.2) is 0 Å². The zero-order valence-corrected chi connectivity index (χ0v) is 15.9. The van der Waals surface area contributed by atoms with Crippen LogP contribution in [-0.4, -0.2) is 26.8 Å². The summed E-state index contributed by atoms with van der Waals surface area (Å²) in [5, 5.41) is 3.59. The second-order valence-corrected chi connectivity index (χ2v) is 7.18. The first-order valence-electron chi connectivity index (χ1n) is 8.10. The molecule has 0 aliphatic carbocycles. The molecule has 0 saturated carbocycles. The Kier molecular flexibility index (Phi) is 9.52. The fraction of sp³-hybridized carbons (Fsp3) is 0.667. The largest absolute Gasteiger partial charge is 0.383 e. The number of hydrogen-bond acceptors (Lipinski definition) is 2. The molecule has 1 rings (SSSR count). The molecule has 1 unspecified atom stereocenters. The third kappa shape index (κ3) is 7.11. The number of halogens is 1. The van der Waals surface area contributed by atoms with E-state index < -0.39 is 0 Å². The minimum Gasteiger partial charge on any atom is -0.383 e. The van der Waals surface area contributed by atoms with Crippen molar-refractivity contribution in [2.45, 2.75) is 46.0 Å². The highest BCUT2D eigenvalue weighted by Gasteiger charge is 2.27. The van der Waals surface area contributed by atoms with E-state index in [-0.39, 0.29) is 0 Å². The monoisotopic (exact) mass is 403 g/mol. The summed E-state index contributed by atoms with van der Waals surface area (Å²) in [6.07, 6.45) is 6.27. The van der Waals surface area contributed by atoms with Crippen molar-refractivity contribution in [1.82, 2.24) is 5.32 Å². The van der Waals surface area contributed by atoms with Crippen molar-refractivity contribution in [2.75, 3.05) is 26.8 Å². The molecule has 0 aromatic heterocycles. The smallest absolute Gasteiger partial charge is 0.0587 e. The van der Waals surface area contributed by atoms with Crippen molar-refractivity contribution in [3.05, 3.63) is 33.4 Å². The van der Waals surface area contributed by atoms with E-state index in [1.807, 2.05) is 0 Å². The lowest BCUT2D eigenvalue weighted by Gasteiger charge is -2.34. The molecule has 0 bridgehead atoms. The molecule has 120 valence electrons. The normalized spacial score (nSPS) is 14.1. The maximum atomic E-state index is 5.14. The molecule has 3 heteroatoms. The number of methoxy groups -OCH3 is 1. The Balaban J connectivity index is 2.70. The molecule has 1 aromatic rings. The number of nitrogens with one attached hydrogen (secondary N) is 1. The van der Waals surface area contributed by atoms with Gasteiger partial charge in [-0.05, 0) is 65.0 Å². The number of rotatable bonds is 11. The number of benzene rings is 1. The SMILES string of the molecule is CCCCC(CC)(CNCCOC)Cc1ccc(I)cc1. The molecule has 0 heterocycles. The molecular weight excluding hydrogens is 373 g/mol. The minimum absolute atomic E-state index is 0.372. The zero-order valence-electron chi connectivity index (χ0n) is 13.8. The lowest BCUT2D eigenvalue weighted by molar-refractivity contribution is 0.182. The van der Waals surface area contributed by atoms with Gasteiger partial charge in [0.1, 0.15) is 0 Å². The van der Waals surface area contributed by atoms with Crippen molar-refractivity contribution in [1.29, 1.82) is 0 Å². The lowest BCUT2D eigenvalue weighted by Crippen LogP contribution is -2.37. The minimum atomic E-state index is 0.372. The molecule has 0 aliphatic rings. The van der Waals surface area contributed by atoms with Crippen LogP contribution >= 0.6 is 22.6 Å². The van der Waals surface area contributed by atoms with Gasteiger partial charge in [0.25, 0.3) is 0 Å². The van der Waals surface area contributed by atoms with E-state index in [1.54, 1.807) is 7.11 Å². The van der Waals surface area contributed by atoms with Crippen LogP contribution in [0, 0.1) is 8.99 Å². The maximum Gasteiger partial charge on any atom is 0.0587 e. The summed E-state index contributed by atoms with van der Waals surface area (Å²) < 4.78 is 6.45. The zero-order chi connectivity index (χ0) is 15.6. The summed E-state index contributed by atoms with van der Waals surface area (Å²) in [4.78, 5) is 0. The van der Waals surface area contributed by atoms with Crippen LogP contribution in [0.5, 0.6) is 0 Å². The molecular formula is C18H30INO. The number of hydrogen-bond donors (Lipinski definition) is 1. The van der Waals surface area contributed by atoms with Crippen LogP contribution in [-0.2, 0) is 11.2 Å².